The number of benzene rings is 2. The Kier molecular flexibility index (Phi) is 8.70. The zero-order chi connectivity index (χ0) is 20.6. The third-order valence-electron chi connectivity index (χ3n) is 3.65. The van der Waals surface area contributed by atoms with Gasteiger partial charge in [0.25, 0.3) is 0 Å². The van der Waals surface area contributed by atoms with Crippen molar-refractivity contribution in [1.29, 1.82) is 0 Å². The van der Waals surface area contributed by atoms with E-state index in [9.17, 15) is 4.79 Å². The molecule has 1 aliphatic rings. The van der Waals surface area contributed by atoms with E-state index in [0.717, 1.165) is 34.2 Å². The molecule has 0 aliphatic heterocycles. The zero-order valence-electron chi connectivity index (χ0n) is 14.6. The van der Waals surface area contributed by atoms with Crippen LogP contribution in [0.15, 0.2) is 42.5 Å². The van der Waals surface area contributed by atoms with Crippen molar-refractivity contribution in [1.82, 2.24) is 0 Å². The van der Waals surface area contributed by atoms with E-state index < -0.39 is 16.5 Å². The van der Waals surface area contributed by atoms with Crippen LogP contribution in [0, 0.1) is 6.92 Å². The highest BCUT2D eigenvalue weighted by atomic mass is 32.3. The van der Waals surface area contributed by atoms with Gasteiger partial charge in [0.2, 0.25) is 0 Å². The van der Waals surface area contributed by atoms with Crippen LogP contribution in [0.4, 0.5) is 0 Å². The van der Waals surface area contributed by atoms with Crippen LogP contribution in [-0.2, 0) is 16.8 Å². The molecule has 27 heavy (non-hydrogen) atoms. The third kappa shape index (κ3) is 7.55. The molecule has 0 radical (unpaired) electrons. The predicted octanol–water partition coefficient (Wildman–Crippen LogP) is 0.809. The van der Waals surface area contributed by atoms with Crippen molar-refractivity contribution in [2.75, 3.05) is 13.2 Å². The van der Waals surface area contributed by atoms with Gasteiger partial charge in [-0.2, -0.15) is 8.42 Å². The van der Waals surface area contributed by atoms with Gasteiger partial charge in [0.05, 0.1) is 13.2 Å². The number of rotatable bonds is 2. The highest BCUT2D eigenvalue weighted by Crippen LogP contribution is 2.28. The molecule has 0 bridgehead atoms. The van der Waals surface area contributed by atoms with E-state index in [-0.39, 0.29) is 19.0 Å². The van der Waals surface area contributed by atoms with Gasteiger partial charge in [0.15, 0.2) is 5.78 Å². The van der Waals surface area contributed by atoms with Crippen LogP contribution < -0.4 is 0 Å². The summed E-state index contributed by atoms with van der Waals surface area (Å²) in [5.41, 5.74) is 5.15. The van der Waals surface area contributed by atoms with Gasteiger partial charge in [0, 0.05) is 11.1 Å². The minimum absolute atomic E-state index is 0.176. The first-order valence-corrected chi connectivity index (χ1v) is 9.29. The number of hydrogen-bond donors (Lipinski definition) is 5. The SMILES string of the molecule is Cc1cccc2c1C(=O)c1ccccc1C2.O=S(=O)(O)O.OCC(O)CO. The van der Waals surface area contributed by atoms with Gasteiger partial charge in [-0.1, -0.05) is 42.5 Å². The maximum Gasteiger partial charge on any atom is 0.394 e. The van der Waals surface area contributed by atoms with Crippen molar-refractivity contribution >= 4 is 16.2 Å². The molecule has 0 saturated heterocycles. The third-order valence-corrected chi connectivity index (χ3v) is 3.65. The lowest BCUT2D eigenvalue weighted by atomic mass is 9.83. The van der Waals surface area contributed by atoms with Crippen LogP contribution >= 0.6 is 0 Å². The molecule has 3 rings (SSSR count). The molecule has 0 amide bonds. The first-order valence-electron chi connectivity index (χ1n) is 7.89. The number of hydrogen-bond acceptors (Lipinski definition) is 6. The van der Waals surface area contributed by atoms with Crippen molar-refractivity contribution in [3.63, 3.8) is 0 Å². The number of aryl methyl sites for hydroxylation is 1. The van der Waals surface area contributed by atoms with Gasteiger partial charge >= 0.3 is 10.4 Å². The molecular formula is C18H22O8S. The fraction of sp³-hybridized carbons (Fsp3) is 0.278. The Morgan fingerprint density at radius 1 is 0.963 bits per heavy atom. The lowest BCUT2D eigenvalue weighted by Crippen LogP contribution is -2.16. The van der Waals surface area contributed by atoms with Crippen molar-refractivity contribution < 1.29 is 37.6 Å². The molecule has 0 saturated carbocycles. The van der Waals surface area contributed by atoms with Crippen LogP contribution in [0.5, 0.6) is 0 Å². The fourth-order valence-electron chi connectivity index (χ4n) is 2.49. The Morgan fingerprint density at radius 2 is 1.48 bits per heavy atom. The van der Waals surface area contributed by atoms with Gasteiger partial charge < -0.3 is 15.3 Å². The fourth-order valence-corrected chi connectivity index (χ4v) is 2.49. The van der Waals surface area contributed by atoms with E-state index in [1.807, 2.05) is 43.3 Å². The van der Waals surface area contributed by atoms with Crippen LogP contribution in [0.25, 0.3) is 0 Å². The average Bonchev–Trinajstić information content (AvgIpc) is 2.60. The highest BCUT2D eigenvalue weighted by Gasteiger charge is 2.23. The first-order chi connectivity index (χ1) is 12.6. The Morgan fingerprint density at radius 3 is 2.00 bits per heavy atom. The molecule has 2 aromatic carbocycles. The molecular weight excluding hydrogens is 376 g/mol. The standard InChI is InChI=1S/C15H12O.C3H8O3.H2O4S/c1-10-5-4-7-12-9-11-6-2-3-8-13(11)15(16)14(10)12;4-1-3(6)2-5;1-5(2,3)4/h2-8H,9H2,1H3;3-6H,1-2H2;(H2,1,2,3,4). The van der Waals surface area contributed by atoms with E-state index in [0.29, 0.717) is 0 Å². The summed E-state index contributed by atoms with van der Waals surface area (Å²) in [5, 5.41) is 24.0. The summed E-state index contributed by atoms with van der Waals surface area (Å²) in [6.45, 7) is 1.28. The zero-order valence-corrected chi connectivity index (χ0v) is 15.4. The molecule has 148 valence electrons. The minimum Gasteiger partial charge on any atom is -0.394 e. The molecule has 0 unspecified atom stereocenters. The summed E-state index contributed by atoms with van der Waals surface area (Å²) in [4.78, 5) is 12.3. The summed E-state index contributed by atoms with van der Waals surface area (Å²) in [5.74, 6) is 0.176. The van der Waals surface area contributed by atoms with Crippen molar-refractivity contribution in [3.05, 3.63) is 70.3 Å². The lowest BCUT2D eigenvalue weighted by Gasteiger charge is -2.19. The van der Waals surface area contributed by atoms with E-state index in [1.54, 1.807) is 0 Å². The number of ketones is 1. The molecule has 1 aliphatic carbocycles. The number of aliphatic hydroxyl groups excluding tert-OH is 3. The number of aliphatic hydroxyl groups is 3. The van der Waals surface area contributed by atoms with Crippen LogP contribution in [0.3, 0.4) is 0 Å². The summed E-state index contributed by atoms with van der Waals surface area (Å²) in [7, 11) is -4.67. The smallest absolute Gasteiger partial charge is 0.394 e. The Hall–Kier alpha value is -2.14. The number of carbonyl (C=O) groups is 1. The average molecular weight is 398 g/mol. The second-order valence-corrected chi connectivity index (χ2v) is 6.63. The van der Waals surface area contributed by atoms with Crippen LogP contribution in [0.1, 0.15) is 32.6 Å². The van der Waals surface area contributed by atoms with Crippen molar-refractivity contribution in [3.8, 4) is 0 Å². The molecule has 2 aromatic rings. The monoisotopic (exact) mass is 398 g/mol. The normalized spacial score (nSPS) is 12.2. The topological polar surface area (TPSA) is 152 Å². The Balaban J connectivity index is 0.000000278. The molecule has 8 nitrogen and oxygen atoms in total. The van der Waals surface area contributed by atoms with Crippen LogP contribution in [0.2, 0.25) is 0 Å². The van der Waals surface area contributed by atoms with Crippen molar-refractivity contribution in [2.24, 2.45) is 0 Å². The molecule has 0 spiro atoms. The van der Waals surface area contributed by atoms with E-state index in [2.05, 4.69) is 6.07 Å². The van der Waals surface area contributed by atoms with Gasteiger partial charge in [-0.3, -0.25) is 13.9 Å². The van der Waals surface area contributed by atoms with Gasteiger partial charge in [-0.05, 0) is 30.0 Å². The molecule has 0 heterocycles. The molecule has 9 heteroatoms. The summed E-state index contributed by atoms with van der Waals surface area (Å²) in [6, 6.07) is 14.0. The van der Waals surface area contributed by atoms with E-state index >= 15 is 0 Å². The van der Waals surface area contributed by atoms with Gasteiger partial charge in [-0.15, -0.1) is 0 Å². The Labute approximate surface area is 157 Å². The maximum atomic E-state index is 12.3. The largest absolute Gasteiger partial charge is 0.394 e. The summed E-state index contributed by atoms with van der Waals surface area (Å²) in [6.07, 6.45) is -0.0798. The van der Waals surface area contributed by atoms with E-state index in [4.69, 9.17) is 32.8 Å². The summed E-state index contributed by atoms with van der Waals surface area (Å²) < 4.78 is 31.6. The predicted molar refractivity (Wildman–Crippen MR) is 98.2 cm³/mol. The second kappa shape index (κ2) is 10.3. The van der Waals surface area contributed by atoms with Gasteiger partial charge in [-0.25, -0.2) is 0 Å². The maximum absolute atomic E-state index is 12.3. The molecule has 0 aromatic heterocycles. The van der Waals surface area contributed by atoms with Crippen LogP contribution in [-0.4, -0.2) is 57.9 Å². The van der Waals surface area contributed by atoms with Gasteiger partial charge in [0.1, 0.15) is 6.10 Å². The highest BCUT2D eigenvalue weighted by molar-refractivity contribution is 7.79. The number of carbonyl (C=O) groups excluding carboxylic acids is 1. The number of fused-ring (bicyclic) bond motifs is 2. The lowest BCUT2D eigenvalue weighted by molar-refractivity contribution is 0.0450. The first kappa shape index (κ1) is 22.9. The molecule has 0 fully saturated rings. The molecule has 0 atom stereocenters. The second-order valence-electron chi connectivity index (χ2n) is 5.74. The van der Waals surface area contributed by atoms with E-state index in [1.165, 1.54) is 0 Å². The van der Waals surface area contributed by atoms with Crippen molar-refractivity contribution in [2.45, 2.75) is 19.4 Å². The quantitative estimate of drug-likeness (QED) is 0.398. The molecule has 5 N–H and O–H groups in total. The summed E-state index contributed by atoms with van der Waals surface area (Å²) >= 11 is 0. The Bertz CT molecular complexity index is 865. The minimum atomic E-state index is -4.67.